The van der Waals surface area contributed by atoms with Crippen LogP contribution >= 0.6 is 0 Å². The molecule has 1 fully saturated rings. The second-order valence-electron chi connectivity index (χ2n) is 4.53. The molecule has 1 rings (SSSR count). The first kappa shape index (κ1) is 15.0. The van der Waals surface area contributed by atoms with Crippen LogP contribution < -0.4 is 5.32 Å². The van der Waals surface area contributed by atoms with Crippen molar-refractivity contribution < 1.29 is 14.3 Å². The van der Waals surface area contributed by atoms with Crippen molar-refractivity contribution in [3.63, 3.8) is 0 Å². The standard InChI is InChI=1S/C13H24N2O3/c1-3-6-11-13(17)15(8-5-10-18-4-2)9-7-12(16)14-11/h11H,3-10H2,1-2H3,(H,14,16). The van der Waals surface area contributed by atoms with Gasteiger partial charge in [-0.05, 0) is 19.8 Å². The molecule has 0 radical (unpaired) electrons. The summed E-state index contributed by atoms with van der Waals surface area (Å²) in [7, 11) is 0. The molecule has 0 bridgehead atoms. The van der Waals surface area contributed by atoms with Gasteiger partial charge in [0.15, 0.2) is 0 Å². The molecule has 0 aromatic carbocycles. The number of nitrogens with zero attached hydrogens (tertiary/aromatic N) is 1. The minimum absolute atomic E-state index is 0.0193. The molecule has 2 amide bonds. The summed E-state index contributed by atoms with van der Waals surface area (Å²) >= 11 is 0. The Balaban J connectivity index is 2.49. The maximum Gasteiger partial charge on any atom is 0.245 e. The molecule has 104 valence electrons. The van der Waals surface area contributed by atoms with E-state index in [0.29, 0.717) is 39.1 Å². The molecule has 1 atom stereocenters. The van der Waals surface area contributed by atoms with Gasteiger partial charge < -0.3 is 15.0 Å². The number of amides is 2. The lowest BCUT2D eigenvalue weighted by atomic mass is 10.1. The van der Waals surface area contributed by atoms with Crippen LogP contribution in [-0.2, 0) is 14.3 Å². The molecule has 1 unspecified atom stereocenters. The third kappa shape index (κ3) is 4.64. The van der Waals surface area contributed by atoms with Gasteiger partial charge in [-0.3, -0.25) is 9.59 Å². The third-order valence-corrected chi connectivity index (χ3v) is 3.05. The highest BCUT2D eigenvalue weighted by molar-refractivity contribution is 5.89. The van der Waals surface area contributed by atoms with Crippen LogP contribution in [0.3, 0.4) is 0 Å². The zero-order valence-corrected chi connectivity index (χ0v) is 11.4. The van der Waals surface area contributed by atoms with Crippen LogP contribution in [0.25, 0.3) is 0 Å². The fourth-order valence-electron chi connectivity index (χ4n) is 2.10. The van der Waals surface area contributed by atoms with Gasteiger partial charge in [0, 0.05) is 32.7 Å². The van der Waals surface area contributed by atoms with Crippen LogP contribution in [0.5, 0.6) is 0 Å². The topological polar surface area (TPSA) is 58.6 Å². The fraction of sp³-hybridized carbons (Fsp3) is 0.846. The molecular weight excluding hydrogens is 232 g/mol. The van der Waals surface area contributed by atoms with Gasteiger partial charge in [-0.2, -0.15) is 0 Å². The van der Waals surface area contributed by atoms with Crippen molar-refractivity contribution in [1.82, 2.24) is 10.2 Å². The molecule has 0 aromatic heterocycles. The zero-order chi connectivity index (χ0) is 13.4. The molecule has 0 aliphatic carbocycles. The van der Waals surface area contributed by atoms with Crippen molar-refractivity contribution in [3.8, 4) is 0 Å². The quantitative estimate of drug-likeness (QED) is 0.689. The van der Waals surface area contributed by atoms with E-state index in [1.165, 1.54) is 0 Å². The summed E-state index contributed by atoms with van der Waals surface area (Å²) in [6.45, 7) is 6.54. The van der Waals surface area contributed by atoms with Crippen molar-refractivity contribution in [2.45, 2.75) is 45.6 Å². The summed E-state index contributed by atoms with van der Waals surface area (Å²) in [4.78, 5) is 25.5. The normalized spacial score (nSPS) is 20.8. The molecule has 5 heteroatoms. The first-order chi connectivity index (χ1) is 8.69. The Morgan fingerprint density at radius 2 is 2.17 bits per heavy atom. The largest absolute Gasteiger partial charge is 0.382 e. The molecule has 1 N–H and O–H groups in total. The zero-order valence-electron chi connectivity index (χ0n) is 11.4. The molecule has 0 saturated carbocycles. The monoisotopic (exact) mass is 256 g/mol. The van der Waals surface area contributed by atoms with Gasteiger partial charge in [0.25, 0.3) is 0 Å². The summed E-state index contributed by atoms with van der Waals surface area (Å²) in [6.07, 6.45) is 2.84. The Morgan fingerprint density at radius 3 is 2.83 bits per heavy atom. The Labute approximate surface area is 109 Å². The Kier molecular flexibility index (Phi) is 6.72. The van der Waals surface area contributed by atoms with Crippen LogP contribution in [0.15, 0.2) is 0 Å². The van der Waals surface area contributed by atoms with Gasteiger partial charge in [-0.25, -0.2) is 0 Å². The average molecular weight is 256 g/mol. The Morgan fingerprint density at radius 1 is 1.39 bits per heavy atom. The molecular formula is C13H24N2O3. The Bertz CT molecular complexity index is 281. The van der Waals surface area contributed by atoms with E-state index in [2.05, 4.69) is 5.32 Å². The summed E-state index contributed by atoms with van der Waals surface area (Å²) in [6, 6.07) is -0.336. The van der Waals surface area contributed by atoms with Crippen LogP contribution in [-0.4, -0.2) is 49.1 Å². The van der Waals surface area contributed by atoms with Crippen LogP contribution in [0.1, 0.15) is 39.5 Å². The van der Waals surface area contributed by atoms with Crippen molar-refractivity contribution in [2.24, 2.45) is 0 Å². The van der Waals surface area contributed by atoms with Crippen molar-refractivity contribution in [1.29, 1.82) is 0 Å². The second kappa shape index (κ2) is 8.08. The first-order valence-corrected chi connectivity index (χ1v) is 6.85. The van der Waals surface area contributed by atoms with E-state index < -0.39 is 0 Å². The molecule has 1 saturated heterocycles. The van der Waals surface area contributed by atoms with Crippen molar-refractivity contribution in [2.75, 3.05) is 26.3 Å². The summed E-state index contributed by atoms with van der Waals surface area (Å²) in [5, 5.41) is 2.80. The number of hydrogen-bond acceptors (Lipinski definition) is 3. The number of rotatable bonds is 7. The van der Waals surface area contributed by atoms with Gasteiger partial charge in [0.05, 0.1) is 0 Å². The van der Waals surface area contributed by atoms with E-state index in [-0.39, 0.29) is 17.9 Å². The lowest BCUT2D eigenvalue weighted by molar-refractivity contribution is -0.133. The van der Waals surface area contributed by atoms with Crippen LogP contribution in [0, 0.1) is 0 Å². The number of nitrogens with one attached hydrogen (secondary N) is 1. The van der Waals surface area contributed by atoms with Gasteiger partial charge in [-0.15, -0.1) is 0 Å². The van der Waals surface area contributed by atoms with E-state index in [9.17, 15) is 9.59 Å². The summed E-state index contributed by atoms with van der Waals surface area (Å²) in [5.74, 6) is 0.0355. The SMILES string of the molecule is CCCC1NC(=O)CCN(CCCOCC)C1=O. The molecule has 1 aliphatic heterocycles. The number of hydrogen-bond donors (Lipinski definition) is 1. The molecule has 18 heavy (non-hydrogen) atoms. The van der Waals surface area contributed by atoms with Gasteiger partial charge in [0.2, 0.25) is 11.8 Å². The Hall–Kier alpha value is -1.10. The highest BCUT2D eigenvalue weighted by Crippen LogP contribution is 2.09. The van der Waals surface area contributed by atoms with Crippen LogP contribution in [0.2, 0.25) is 0 Å². The van der Waals surface area contributed by atoms with E-state index in [0.717, 1.165) is 12.8 Å². The second-order valence-corrected chi connectivity index (χ2v) is 4.53. The highest BCUT2D eigenvalue weighted by Gasteiger charge is 2.28. The van der Waals surface area contributed by atoms with Crippen molar-refractivity contribution in [3.05, 3.63) is 0 Å². The fourth-order valence-corrected chi connectivity index (χ4v) is 2.10. The molecule has 0 aromatic rings. The molecule has 1 aliphatic rings. The van der Waals surface area contributed by atoms with E-state index >= 15 is 0 Å². The average Bonchev–Trinajstić information content (AvgIpc) is 2.48. The lowest BCUT2D eigenvalue weighted by Crippen LogP contribution is -2.44. The summed E-state index contributed by atoms with van der Waals surface area (Å²) < 4.78 is 5.27. The van der Waals surface area contributed by atoms with Crippen LogP contribution in [0.4, 0.5) is 0 Å². The van der Waals surface area contributed by atoms with E-state index in [4.69, 9.17) is 4.74 Å². The molecule has 1 heterocycles. The number of carbonyl (C=O) groups excluding carboxylic acids is 2. The number of carbonyl (C=O) groups is 2. The van der Waals surface area contributed by atoms with Gasteiger partial charge in [0.1, 0.15) is 6.04 Å². The highest BCUT2D eigenvalue weighted by atomic mass is 16.5. The van der Waals surface area contributed by atoms with Gasteiger partial charge in [-0.1, -0.05) is 13.3 Å². The van der Waals surface area contributed by atoms with Gasteiger partial charge >= 0.3 is 0 Å². The van der Waals surface area contributed by atoms with E-state index in [1.807, 2.05) is 13.8 Å². The van der Waals surface area contributed by atoms with E-state index in [1.54, 1.807) is 4.90 Å². The number of ether oxygens (including phenoxy) is 1. The maximum absolute atomic E-state index is 12.2. The molecule has 0 spiro atoms. The lowest BCUT2D eigenvalue weighted by Gasteiger charge is -2.23. The maximum atomic E-state index is 12.2. The minimum Gasteiger partial charge on any atom is -0.382 e. The first-order valence-electron chi connectivity index (χ1n) is 6.85. The van der Waals surface area contributed by atoms with Crippen molar-refractivity contribution >= 4 is 11.8 Å². The smallest absolute Gasteiger partial charge is 0.245 e. The predicted octanol–water partition coefficient (Wildman–Crippen LogP) is 0.930. The molecule has 5 nitrogen and oxygen atoms in total. The predicted molar refractivity (Wildman–Crippen MR) is 69.1 cm³/mol. The third-order valence-electron chi connectivity index (χ3n) is 3.05. The minimum atomic E-state index is -0.336. The summed E-state index contributed by atoms with van der Waals surface area (Å²) in [5.41, 5.74) is 0.